The fourth-order valence-corrected chi connectivity index (χ4v) is 2.04. The van der Waals surface area contributed by atoms with Crippen LogP contribution in [0.2, 0.25) is 5.02 Å². The van der Waals surface area contributed by atoms with Gasteiger partial charge in [-0.3, -0.25) is 0 Å². The standard InChI is InChI=1S/C16H13ClN2O2/c1-2-20-14-9-5-12(6-10-14)16-19-18-15(21-16)11-3-7-13(17)8-4-11/h3-10H,2H2,1H3. The molecule has 21 heavy (non-hydrogen) atoms. The summed E-state index contributed by atoms with van der Waals surface area (Å²) in [6.45, 7) is 2.59. The summed E-state index contributed by atoms with van der Waals surface area (Å²) in [7, 11) is 0. The van der Waals surface area contributed by atoms with Crippen molar-refractivity contribution in [2.24, 2.45) is 0 Å². The molecule has 1 aromatic heterocycles. The van der Waals surface area contributed by atoms with E-state index in [0.717, 1.165) is 16.9 Å². The van der Waals surface area contributed by atoms with Crippen molar-refractivity contribution in [3.8, 4) is 28.7 Å². The van der Waals surface area contributed by atoms with Gasteiger partial charge in [-0.2, -0.15) is 0 Å². The molecule has 0 aliphatic rings. The molecule has 0 N–H and O–H groups in total. The average Bonchev–Trinajstić information content (AvgIpc) is 2.99. The first-order valence-electron chi connectivity index (χ1n) is 6.59. The zero-order valence-electron chi connectivity index (χ0n) is 11.4. The Morgan fingerprint density at radius 2 is 1.43 bits per heavy atom. The first-order chi connectivity index (χ1) is 10.3. The van der Waals surface area contributed by atoms with Gasteiger partial charge in [0.05, 0.1) is 6.61 Å². The molecule has 1 heterocycles. The Balaban J connectivity index is 1.85. The molecule has 5 heteroatoms. The lowest BCUT2D eigenvalue weighted by Gasteiger charge is -2.02. The second-order valence-corrected chi connectivity index (χ2v) is 4.81. The van der Waals surface area contributed by atoms with Crippen LogP contribution in [-0.2, 0) is 0 Å². The van der Waals surface area contributed by atoms with E-state index in [4.69, 9.17) is 20.8 Å². The number of hydrogen-bond acceptors (Lipinski definition) is 4. The van der Waals surface area contributed by atoms with Crippen LogP contribution >= 0.6 is 11.6 Å². The van der Waals surface area contributed by atoms with E-state index in [1.54, 1.807) is 12.1 Å². The SMILES string of the molecule is CCOc1ccc(-c2nnc(-c3ccc(Cl)cc3)o2)cc1. The Kier molecular flexibility index (Phi) is 3.88. The molecule has 0 aliphatic heterocycles. The normalized spacial score (nSPS) is 10.6. The highest BCUT2D eigenvalue weighted by Crippen LogP contribution is 2.26. The summed E-state index contributed by atoms with van der Waals surface area (Å²) < 4.78 is 11.1. The summed E-state index contributed by atoms with van der Waals surface area (Å²) in [6, 6.07) is 14.8. The Hall–Kier alpha value is -2.33. The van der Waals surface area contributed by atoms with Crippen LogP contribution in [0.5, 0.6) is 5.75 Å². The van der Waals surface area contributed by atoms with Crippen molar-refractivity contribution in [2.75, 3.05) is 6.61 Å². The van der Waals surface area contributed by atoms with E-state index in [-0.39, 0.29) is 0 Å². The van der Waals surface area contributed by atoms with Gasteiger partial charge >= 0.3 is 0 Å². The minimum absolute atomic E-state index is 0.468. The molecule has 0 unspecified atom stereocenters. The van der Waals surface area contributed by atoms with Crippen LogP contribution in [0.1, 0.15) is 6.92 Å². The van der Waals surface area contributed by atoms with Gasteiger partial charge < -0.3 is 9.15 Å². The van der Waals surface area contributed by atoms with Crippen LogP contribution in [0.4, 0.5) is 0 Å². The van der Waals surface area contributed by atoms with Crippen molar-refractivity contribution >= 4 is 11.6 Å². The highest BCUT2D eigenvalue weighted by molar-refractivity contribution is 6.30. The van der Waals surface area contributed by atoms with Crippen LogP contribution < -0.4 is 4.74 Å². The van der Waals surface area contributed by atoms with E-state index in [0.29, 0.717) is 23.4 Å². The highest BCUT2D eigenvalue weighted by Gasteiger charge is 2.10. The van der Waals surface area contributed by atoms with Crippen molar-refractivity contribution in [1.29, 1.82) is 0 Å². The number of hydrogen-bond donors (Lipinski definition) is 0. The van der Waals surface area contributed by atoms with Crippen molar-refractivity contribution in [2.45, 2.75) is 6.92 Å². The Bertz CT molecular complexity index is 721. The topological polar surface area (TPSA) is 48.2 Å². The van der Waals surface area contributed by atoms with E-state index >= 15 is 0 Å². The van der Waals surface area contributed by atoms with Crippen molar-refractivity contribution < 1.29 is 9.15 Å². The molecular weight excluding hydrogens is 288 g/mol. The molecule has 0 aliphatic carbocycles. The molecule has 0 bridgehead atoms. The fraction of sp³-hybridized carbons (Fsp3) is 0.125. The monoisotopic (exact) mass is 300 g/mol. The lowest BCUT2D eigenvalue weighted by atomic mass is 10.2. The minimum Gasteiger partial charge on any atom is -0.494 e. The molecule has 3 rings (SSSR count). The molecule has 0 fully saturated rings. The van der Waals surface area contributed by atoms with Crippen LogP contribution in [-0.4, -0.2) is 16.8 Å². The van der Waals surface area contributed by atoms with Crippen LogP contribution in [0.3, 0.4) is 0 Å². The molecule has 2 aromatic carbocycles. The summed E-state index contributed by atoms with van der Waals surface area (Å²) in [5, 5.41) is 8.80. The molecule has 0 atom stereocenters. The van der Waals surface area contributed by atoms with Gasteiger partial charge in [0.1, 0.15) is 5.75 Å². The number of benzene rings is 2. The van der Waals surface area contributed by atoms with Crippen molar-refractivity contribution in [3.63, 3.8) is 0 Å². The Morgan fingerprint density at radius 3 is 1.95 bits per heavy atom. The van der Waals surface area contributed by atoms with Crippen molar-refractivity contribution in [3.05, 3.63) is 53.6 Å². The van der Waals surface area contributed by atoms with E-state index in [9.17, 15) is 0 Å². The number of rotatable bonds is 4. The van der Waals surface area contributed by atoms with Gasteiger partial charge in [0.15, 0.2) is 0 Å². The number of nitrogens with zero attached hydrogens (tertiary/aromatic N) is 2. The maximum atomic E-state index is 5.86. The molecule has 4 nitrogen and oxygen atoms in total. The summed E-state index contributed by atoms with van der Waals surface area (Å²) >= 11 is 5.86. The first kappa shape index (κ1) is 13.6. The van der Waals surface area contributed by atoms with Gasteiger partial charge in [0, 0.05) is 16.1 Å². The molecule has 106 valence electrons. The molecule has 0 spiro atoms. The number of ether oxygens (including phenoxy) is 1. The minimum atomic E-state index is 0.468. The van der Waals surface area contributed by atoms with Gasteiger partial charge in [-0.1, -0.05) is 11.6 Å². The zero-order valence-corrected chi connectivity index (χ0v) is 12.2. The number of halogens is 1. The third-order valence-corrected chi connectivity index (χ3v) is 3.18. The summed E-state index contributed by atoms with van der Waals surface area (Å²) in [5.74, 6) is 1.76. The Labute approximate surface area is 127 Å². The maximum absolute atomic E-state index is 5.86. The zero-order chi connectivity index (χ0) is 14.7. The summed E-state index contributed by atoms with van der Waals surface area (Å²) in [4.78, 5) is 0. The molecule has 0 radical (unpaired) electrons. The van der Waals surface area contributed by atoms with Gasteiger partial charge in [0.25, 0.3) is 0 Å². The summed E-state index contributed by atoms with van der Waals surface area (Å²) in [6.07, 6.45) is 0. The molecule has 3 aromatic rings. The van der Waals surface area contributed by atoms with Gasteiger partial charge in [-0.15, -0.1) is 10.2 Å². The van der Waals surface area contributed by atoms with Gasteiger partial charge in [0.2, 0.25) is 11.8 Å². The molecular formula is C16H13ClN2O2. The van der Waals surface area contributed by atoms with Crippen LogP contribution in [0.25, 0.3) is 22.9 Å². The van der Waals surface area contributed by atoms with Crippen LogP contribution in [0.15, 0.2) is 52.9 Å². The molecule has 0 saturated carbocycles. The van der Waals surface area contributed by atoms with Gasteiger partial charge in [-0.25, -0.2) is 0 Å². The van der Waals surface area contributed by atoms with E-state index in [2.05, 4.69) is 10.2 Å². The molecule has 0 saturated heterocycles. The third kappa shape index (κ3) is 3.06. The quantitative estimate of drug-likeness (QED) is 0.714. The Morgan fingerprint density at radius 1 is 0.905 bits per heavy atom. The largest absolute Gasteiger partial charge is 0.494 e. The fourth-order valence-electron chi connectivity index (χ4n) is 1.91. The average molecular weight is 301 g/mol. The molecule has 0 amide bonds. The second kappa shape index (κ2) is 5.97. The maximum Gasteiger partial charge on any atom is 0.248 e. The van der Waals surface area contributed by atoms with E-state index in [1.807, 2.05) is 43.3 Å². The highest BCUT2D eigenvalue weighted by atomic mass is 35.5. The third-order valence-electron chi connectivity index (χ3n) is 2.93. The summed E-state index contributed by atoms with van der Waals surface area (Å²) in [5.41, 5.74) is 1.69. The predicted molar refractivity (Wildman–Crippen MR) is 81.3 cm³/mol. The van der Waals surface area contributed by atoms with Crippen LogP contribution in [0, 0.1) is 0 Å². The second-order valence-electron chi connectivity index (χ2n) is 4.38. The van der Waals surface area contributed by atoms with E-state index in [1.165, 1.54) is 0 Å². The lowest BCUT2D eigenvalue weighted by molar-refractivity contribution is 0.340. The van der Waals surface area contributed by atoms with E-state index < -0.39 is 0 Å². The predicted octanol–water partition coefficient (Wildman–Crippen LogP) is 4.46. The lowest BCUT2D eigenvalue weighted by Crippen LogP contribution is -1.90. The number of aromatic nitrogens is 2. The first-order valence-corrected chi connectivity index (χ1v) is 6.97. The van der Waals surface area contributed by atoms with Crippen molar-refractivity contribution in [1.82, 2.24) is 10.2 Å². The van der Waals surface area contributed by atoms with Gasteiger partial charge in [-0.05, 0) is 55.5 Å². The smallest absolute Gasteiger partial charge is 0.248 e.